The van der Waals surface area contributed by atoms with Crippen molar-refractivity contribution in [2.45, 2.75) is 0 Å². The lowest BCUT2D eigenvalue weighted by Crippen LogP contribution is -1.99. The second-order valence-electron chi connectivity index (χ2n) is 5.74. The van der Waals surface area contributed by atoms with Gasteiger partial charge in [-0.25, -0.2) is 0 Å². The lowest BCUT2D eigenvalue weighted by atomic mass is 10.1. The number of para-hydroxylation sites is 4. The molecule has 3 aromatic carbocycles. The molecule has 5 rings (SSSR count). The van der Waals surface area contributed by atoms with Crippen LogP contribution >= 0.6 is 0 Å². The molecular weight excluding hydrogens is 284 g/mol. The summed E-state index contributed by atoms with van der Waals surface area (Å²) in [5.74, 6) is 0. The Kier molecular flexibility index (Phi) is 2.38. The zero-order valence-corrected chi connectivity index (χ0v) is 12.7. The van der Waals surface area contributed by atoms with Crippen LogP contribution in [0.25, 0.3) is 21.9 Å². The SMILES string of the molecule is C[N+]1=C=[N+](c2cccc3c2oc2ccccc23)c2ccccc21. The highest BCUT2D eigenvalue weighted by Gasteiger charge is 2.34. The summed E-state index contributed by atoms with van der Waals surface area (Å²) in [5, 5.41) is 2.28. The molecule has 0 bridgehead atoms. The summed E-state index contributed by atoms with van der Waals surface area (Å²) in [5.41, 5.74) is 5.07. The summed E-state index contributed by atoms with van der Waals surface area (Å²) in [4.78, 5) is 0. The molecule has 0 amide bonds. The summed E-state index contributed by atoms with van der Waals surface area (Å²) in [6.07, 6.45) is 0. The van der Waals surface area contributed by atoms with Crippen molar-refractivity contribution in [3.63, 3.8) is 0 Å². The second-order valence-corrected chi connectivity index (χ2v) is 5.74. The molecule has 0 atom stereocenters. The van der Waals surface area contributed by atoms with Gasteiger partial charge in [-0.3, -0.25) is 0 Å². The first-order valence-electron chi connectivity index (χ1n) is 7.62. The summed E-state index contributed by atoms with van der Waals surface area (Å²) < 4.78 is 10.2. The van der Waals surface area contributed by atoms with Gasteiger partial charge in [-0.15, -0.1) is 0 Å². The molecule has 1 aliphatic rings. The van der Waals surface area contributed by atoms with Crippen LogP contribution in [-0.2, 0) is 0 Å². The quantitative estimate of drug-likeness (QED) is 0.458. The lowest BCUT2D eigenvalue weighted by Gasteiger charge is -1.95. The van der Waals surface area contributed by atoms with Crippen LogP contribution in [0, 0.1) is 0 Å². The van der Waals surface area contributed by atoms with Crippen LogP contribution in [0.2, 0.25) is 0 Å². The van der Waals surface area contributed by atoms with E-state index in [1.807, 2.05) is 42.0 Å². The molecule has 0 radical (unpaired) electrons. The predicted octanol–water partition coefficient (Wildman–Crippen LogP) is 4.88. The molecule has 3 nitrogen and oxygen atoms in total. The third-order valence-corrected chi connectivity index (χ3v) is 4.36. The number of fused-ring (bicyclic) bond motifs is 4. The average Bonchev–Trinajstić information content (AvgIpc) is 3.13. The number of hydrogen-bond acceptors (Lipinski definition) is 1. The highest BCUT2D eigenvalue weighted by Crippen LogP contribution is 2.38. The molecule has 23 heavy (non-hydrogen) atoms. The van der Waals surface area contributed by atoms with Crippen molar-refractivity contribution in [2.75, 3.05) is 7.05 Å². The number of hydrogen-bond donors (Lipinski definition) is 0. The molecule has 0 fully saturated rings. The van der Waals surface area contributed by atoms with Gasteiger partial charge >= 0.3 is 6.01 Å². The van der Waals surface area contributed by atoms with Gasteiger partial charge in [0, 0.05) is 29.0 Å². The molecule has 2 heterocycles. The maximum Gasteiger partial charge on any atom is 0.496 e. The van der Waals surface area contributed by atoms with E-state index in [9.17, 15) is 0 Å². The summed E-state index contributed by atoms with van der Waals surface area (Å²) >= 11 is 0. The molecule has 0 unspecified atom stereocenters. The maximum atomic E-state index is 6.15. The van der Waals surface area contributed by atoms with Crippen molar-refractivity contribution >= 4 is 45.0 Å². The molecule has 3 heteroatoms. The van der Waals surface area contributed by atoms with E-state index < -0.39 is 0 Å². The van der Waals surface area contributed by atoms with Crippen molar-refractivity contribution in [3.8, 4) is 0 Å². The third kappa shape index (κ3) is 1.65. The van der Waals surface area contributed by atoms with E-state index in [0.717, 1.165) is 39.0 Å². The van der Waals surface area contributed by atoms with Gasteiger partial charge in [-0.1, -0.05) is 41.0 Å². The number of benzene rings is 3. The summed E-state index contributed by atoms with van der Waals surface area (Å²) in [6, 6.07) is 26.1. The van der Waals surface area contributed by atoms with Crippen LogP contribution in [0.3, 0.4) is 0 Å². The molecule has 0 spiro atoms. The van der Waals surface area contributed by atoms with E-state index in [-0.39, 0.29) is 0 Å². The smallest absolute Gasteiger partial charge is 0.449 e. The van der Waals surface area contributed by atoms with Crippen molar-refractivity contribution in [3.05, 3.63) is 66.7 Å². The Morgan fingerprint density at radius 2 is 1.43 bits per heavy atom. The number of nitrogens with zero attached hydrogens (tertiary/aromatic N) is 2. The monoisotopic (exact) mass is 298 g/mol. The van der Waals surface area contributed by atoms with Crippen molar-refractivity contribution in [1.82, 2.24) is 4.58 Å². The van der Waals surface area contributed by atoms with E-state index in [1.165, 1.54) is 0 Å². The zero-order chi connectivity index (χ0) is 15.4. The molecule has 0 N–H and O–H groups in total. The highest BCUT2D eigenvalue weighted by atomic mass is 16.3. The van der Waals surface area contributed by atoms with Crippen molar-refractivity contribution < 1.29 is 8.99 Å². The van der Waals surface area contributed by atoms with Gasteiger partial charge in [0.2, 0.25) is 5.58 Å². The standard InChI is InChI=1S/C20H14N2O/c1-21-13-22(17-10-4-3-9-16(17)21)18-11-6-8-15-14-7-2-5-12-19(14)23-20(15)18/h2-12H,1H3/q+2. The molecule has 1 aliphatic heterocycles. The fourth-order valence-corrected chi connectivity index (χ4v) is 3.29. The second kappa shape index (κ2) is 4.42. The number of rotatable bonds is 1. The topological polar surface area (TPSA) is 19.2 Å². The highest BCUT2D eigenvalue weighted by molar-refractivity contribution is 6.09. The Balaban J connectivity index is 1.87. The first kappa shape index (κ1) is 12.4. The molecule has 0 saturated carbocycles. The van der Waals surface area contributed by atoms with Gasteiger partial charge in [0.25, 0.3) is 17.1 Å². The number of furan rings is 1. The minimum absolute atomic E-state index is 0.895. The van der Waals surface area contributed by atoms with Crippen LogP contribution in [0.4, 0.5) is 17.1 Å². The Bertz CT molecular complexity index is 1160. The van der Waals surface area contributed by atoms with E-state index >= 15 is 0 Å². The zero-order valence-electron chi connectivity index (χ0n) is 12.7. The Morgan fingerprint density at radius 1 is 0.739 bits per heavy atom. The average molecular weight is 298 g/mol. The minimum Gasteiger partial charge on any atom is -0.449 e. The molecule has 0 saturated heterocycles. The minimum atomic E-state index is 0.895. The Morgan fingerprint density at radius 3 is 2.35 bits per heavy atom. The van der Waals surface area contributed by atoms with E-state index in [4.69, 9.17) is 4.42 Å². The molecule has 4 aromatic rings. The molecule has 108 valence electrons. The summed E-state index contributed by atoms with van der Waals surface area (Å²) in [6.45, 7) is 0. The van der Waals surface area contributed by atoms with Crippen molar-refractivity contribution in [1.29, 1.82) is 0 Å². The first-order chi connectivity index (χ1) is 11.3. The van der Waals surface area contributed by atoms with Gasteiger partial charge in [-0.05, 0) is 16.7 Å². The van der Waals surface area contributed by atoms with Crippen LogP contribution in [0.5, 0.6) is 0 Å². The van der Waals surface area contributed by atoms with Gasteiger partial charge in [0.05, 0.1) is 0 Å². The van der Waals surface area contributed by atoms with E-state index in [2.05, 4.69) is 47.0 Å². The summed E-state index contributed by atoms with van der Waals surface area (Å²) in [7, 11) is 2.01. The van der Waals surface area contributed by atoms with Gasteiger partial charge in [0.1, 0.15) is 5.58 Å². The predicted molar refractivity (Wildman–Crippen MR) is 92.5 cm³/mol. The largest absolute Gasteiger partial charge is 0.496 e. The Labute approximate surface area is 133 Å². The van der Waals surface area contributed by atoms with Gasteiger partial charge in [0.15, 0.2) is 7.05 Å². The Hall–Kier alpha value is -3.16. The van der Waals surface area contributed by atoms with E-state index in [0.29, 0.717) is 0 Å². The van der Waals surface area contributed by atoms with E-state index in [1.54, 1.807) is 0 Å². The lowest BCUT2D eigenvalue weighted by molar-refractivity contribution is -0.394. The van der Waals surface area contributed by atoms with Gasteiger partial charge < -0.3 is 4.42 Å². The molecular formula is C20H14N2O+2. The van der Waals surface area contributed by atoms with Crippen LogP contribution in [0.15, 0.2) is 71.1 Å². The first-order valence-corrected chi connectivity index (χ1v) is 7.62. The molecule has 0 aliphatic carbocycles. The molecule has 1 aromatic heterocycles. The fraction of sp³-hybridized carbons (Fsp3) is 0.0500. The fourth-order valence-electron chi connectivity index (χ4n) is 3.29. The van der Waals surface area contributed by atoms with Gasteiger partial charge in [-0.2, -0.15) is 0 Å². The normalized spacial score (nSPS) is 13.3. The van der Waals surface area contributed by atoms with Crippen LogP contribution in [-0.4, -0.2) is 17.6 Å². The third-order valence-electron chi connectivity index (χ3n) is 4.36. The maximum absolute atomic E-state index is 6.15. The van der Waals surface area contributed by atoms with Crippen molar-refractivity contribution in [2.24, 2.45) is 0 Å². The van der Waals surface area contributed by atoms with Crippen LogP contribution < -0.4 is 4.58 Å². The van der Waals surface area contributed by atoms with Crippen LogP contribution in [0.1, 0.15) is 0 Å².